The van der Waals surface area contributed by atoms with Gasteiger partial charge in [0.15, 0.2) is 0 Å². The molecule has 1 aromatic rings. The van der Waals surface area contributed by atoms with E-state index in [0.717, 1.165) is 30.5 Å². The average Bonchev–Trinajstić information content (AvgIpc) is 2.80. The van der Waals surface area contributed by atoms with Gasteiger partial charge in [-0.1, -0.05) is 5.16 Å². The minimum absolute atomic E-state index is 0.0309. The molecule has 0 saturated carbocycles. The van der Waals surface area contributed by atoms with Crippen molar-refractivity contribution >= 4 is 11.9 Å². The molecule has 0 aliphatic carbocycles. The minimum atomic E-state index is -0.232. The number of carbonyl (C=O) groups excluding carboxylic acids is 2. The molecule has 6 heteroatoms. The van der Waals surface area contributed by atoms with Crippen LogP contribution in [0.25, 0.3) is 0 Å². The van der Waals surface area contributed by atoms with Crippen LogP contribution in [0.15, 0.2) is 4.52 Å². The fourth-order valence-corrected chi connectivity index (χ4v) is 2.96. The Morgan fingerprint density at radius 3 is 2.77 bits per heavy atom. The van der Waals surface area contributed by atoms with Gasteiger partial charge < -0.3 is 14.2 Å². The second-order valence-electron chi connectivity index (χ2n) is 5.73. The molecular weight excluding hydrogens is 284 g/mol. The molecule has 1 atom stereocenters. The summed E-state index contributed by atoms with van der Waals surface area (Å²) in [6.07, 6.45) is 3.43. The molecule has 1 aliphatic rings. The summed E-state index contributed by atoms with van der Waals surface area (Å²) in [5, 5.41) is 3.89. The fourth-order valence-electron chi connectivity index (χ4n) is 2.96. The maximum Gasteiger partial charge on any atom is 0.307 e. The number of amides is 1. The van der Waals surface area contributed by atoms with E-state index >= 15 is 0 Å². The lowest BCUT2D eigenvalue weighted by Crippen LogP contribution is -2.45. The molecule has 0 bridgehead atoms. The van der Waals surface area contributed by atoms with Crippen LogP contribution in [0.3, 0.4) is 0 Å². The Kier molecular flexibility index (Phi) is 5.57. The van der Waals surface area contributed by atoms with Crippen molar-refractivity contribution in [2.45, 2.75) is 58.9 Å². The van der Waals surface area contributed by atoms with Crippen LogP contribution in [-0.2, 0) is 20.7 Å². The van der Waals surface area contributed by atoms with Crippen LogP contribution in [0.4, 0.5) is 0 Å². The molecule has 2 heterocycles. The van der Waals surface area contributed by atoms with Crippen molar-refractivity contribution in [2.75, 3.05) is 13.2 Å². The van der Waals surface area contributed by atoms with Gasteiger partial charge in [0.05, 0.1) is 25.1 Å². The van der Waals surface area contributed by atoms with E-state index in [1.807, 2.05) is 18.7 Å². The lowest BCUT2D eigenvalue weighted by molar-refractivity contribution is -0.146. The first-order valence-corrected chi connectivity index (χ1v) is 7.89. The number of hydrogen-bond acceptors (Lipinski definition) is 5. The number of aryl methyl sites for hydroxylation is 2. The highest BCUT2D eigenvalue weighted by atomic mass is 16.5. The maximum atomic E-state index is 12.6. The van der Waals surface area contributed by atoms with Crippen molar-refractivity contribution < 1.29 is 18.8 Å². The van der Waals surface area contributed by atoms with E-state index in [4.69, 9.17) is 9.26 Å². The molecule has 0 aromatic carbocycles. The van der Waals surface area contributed by atoms with Gasteiger partial charge in [0.2, 0.25) is 5.91 Å². The van der Waals surface area contributed by atoms with E-state index in [1.165, 1.54) is 0 Å². The third kappa shape index (κ3) is 3.87. The normalized spacial score (nSPS) is 18.3. The van der Waals surface area contributed by atoms with Crippen LogP contribution >= 0.6 is 0 Å². The minimum Gasteiger partial charge on any atom is -0.466 e. The number of piperidine rings is 1. The lowest BCUT2D eigenvalue weighted by atomic mass is 9.98. The molecule has 0 unspecified atom stereocenters. The van der Waals surface area contributed by atoms with Crippen molar-refractivity contribution in [2.24, 2.45) is 0 Å². The number of rotatable bonds is 5. The SMILES string of the molecule is CCOC(=O)C[C@@H]1CCCCN1C(=O)Cc1c(C)noc1C. The van der Waals surface area contributed by atoms with E-state index < -0.39 is 0 Å². The molecule has 1 amide bonds. The molecule has 1 fully saturated rings. The van der Waals surface area contributed by atoms with E-state index in [9.17, 15) is 9.59 Å². The molecule has 1 aliphatic heterocycles. The Morgan fingerprint density at radius 1 is 1.36 bits per heavy atom. The Balaban J connectivity index is 2.03. The number of ether oxygens (including phenoxy) is 1. The fraction of sp³-hybridized carbons (Fsp3) is 0.688. The summed E-state index contributed by atoms with van der Waals surface area (Å²) in [5.74, 6) is 0.484. The summed E-state index contributed by atoms with van der Waals surface area (Å²) in [4.78, 5) is 26.2. The van der Waals surface area contributed by atoms with Gasteiger partial charge in [-0.25, -0.2) is 0 Å². The van der Waals surface area contributed by atoms with Gasteiger partial charge in [-0.05, 0) is 40.0 Å². The van der Waals surface area contributed by atoms with Gasteiger partial charge in [0.25, 0.3) is 0 Å². The molecule has 0 spiro atoms. The smallest absolute Gasteiger partial charge is 0.307 e. The van der Waals surface area contributed by atoms with Gasteiger partial charge in [-0.3, -0.25) is 9.59 Å². The second-order valence-corrected chi connectivity index (χ2v) is 5.73. The first-order chi connectivity index (χ1) is 10.5. The standard InChI is InChI=1S/C16H24N2O4/c1-4-21-16(20)9-13-7-5-6-8-18(13)15(19)10-14-11(2)17-22-12(14)3/h13H,4-10H2,1-3H3/t13-/m0/s1. The van der Waals surface area contributed by atoms with Crippen LogP contribution in [-0.4, -0.2) is 41.1 Å². The third-order valence-corrected chi connectivity index (χ3v) is 4.16. The Labute approximate surface area is 130 Å². The average molecular weight is 308 g/mol. The van der Waals surface area contributed by atoms with Gasteiger partial charge >= 0.3 is 5.97 Å². The Bertz CT molecular complexity index is 519. The van der Waals surface area contributed by atoms with Gasteiger partial charge in [-0.15, -0.1) is 0 Å². The van der Waals surface area contributed by atoms with Gasteiger partial charge in [0.1, 0.15) is 5.76 Å². The summed E-state index contributed by atoms with van der Waals surface area (Å²) >= 11 is 0. The highest BCUT2D eigenvalue weighted by molar-refractivity contribution is 5.80. The van der Waals surface area contributed by atoms with Crippen molar-refractivity contribution in [1.82, 2.24) is 10.1 Å². The molecule has 0 N–H and O–H groups in total. The lowest BCUT2D eigenvalue weighted by Gasteiger charge is -2.35. The topological polar surface area (TPSA) is 72.6 Å². The summed E-state index contributed by atoms with van der Waals surface area (Å²) < 4.78 is 10.1. The predicted octanol–water partition coefficient (Wildman–Crippen LogP) is 2.17. The van der Waals surface area contributed by atoms with Crippen LogP contribution in [0, 0.1) is 13.8 Å². The zero-order valence-corrected chi connectivity index (χ0v) is 13.6. The number of esters is 1. The van der Waals surface area contributed by atoms with Gasteiger partial charge in [0, 0.05) is 18.2 Å². The summed E-state index contributed by atoms with van der Waals surface area (Å²) in [6.45, 7) is 6.52. The van der Waals surface area contributed by atoms with E-state index in [1.54, 1.807) is 6.92 Å². The largest absolute Gasteiger partial charge is 0.466 e. The molecule has 0 radical (unpaired) electrons. The first kappa shape index (κ1) is 16.5. The molecule has 1 aromatic heterocycles. The van der Waals surface area contributed by atoms with Gasteiger partial charge in [-0.2, -0.15) is 0 Å². The van der Waals surface area contributed by atoms with E-state index in [0.29, 0.717) is 18.9 Å². The molecule has 22 heavy (non-hydrogen) atoms. The monoisotopic (exact) mass is 308 g/mol. The Morgan fingerprint density at radius 2 is 2.14 bits per heavy atom. The zero-order chi connectivity index (χ0) is 16.1. The maximum absolute atomic E-state index is 12.6. The zero-order valence-electron chi connectivity index (χ0n) is 13.6. The number of aromatic nitrogens is 1. The van der Waals surface area contributed by atoms with Crippen LogP contribution in [0.2, 0.25) is 0 Å². The van der Waals surface area contributed by atoms with E-state index in [-0.39, 0.29) is 30.8 Å². The number of nitrogens with zero attached hydrogens (tertiary/aromatic N) is 2. The van der Waals surface area contributed by atoms with Crippen molar-refractivity contribution in [3.63, 3.8) is 0 Å². The van der Waals surface area contributed by atoms with Crippen molar-refractivity contribution in [1.29, 1.82) is 0 Å². The van der Waals surface area contributed by atoms with Crippen molar-refractivity contribution in [3.05, 3.63) is 17.0 Å². The molecule has 2 rings (SSSR count). The Hall–Kier alpha value is -1.85. The third-order valence-electron chi connectivity index (χ3n) is 4.16. The predicted molar refractivity (Wildman–Crippen MR) is 80.3 cm³/mol. The summed E-state index contributed by atoms with van der Waals surface area (Å²) in [6, 6.07) is -0.0548. The summed E-state index contributed by atoms with van der Waals surface area (Å²) in [5.41, 5.74) is 1.61. The van der Waals surface area contributed by atoms with Crippen LogP contribution < -0.4 is 0 Å². The van der Waals surface area contributed by atoms with E-state index in [2.05, 4.69) is 5.16 Å². The molecule has 6 nitrogen and oxygen atoms in total. The van der Waals surface area contributed by atoms with Crippen LogP contribution in [0.1, 0.15) is 49.6 Å². The highest BCUT2D eigenvalue weighted by Gasteiger charge is 2.29. The molecule has 1 saturated heterocycles. The summed E-state index contributed by atoms with van der Waals surface area (Å²) in [7, 11) is 0. The number of carbonyl (C=O) groups is 2. The molecular formula is C16H24N2O4. The quantitative estimate of drug-likeness (QED) is 0.779. The number of hydrogen-bond donors (Lipinski definition) is 0. The van der Waals surface area contributed by atoms with Crippen LogP contribution in [0.5, 0.6) is 0 Å². The first-order valence-electron chi connectivity index (χ1n) is 7.89. The second kappa shape index (κ2) is 7.42. The highest BCUT2D eigenvalue weighted by Crippen LogP contribution is 2.22. The van der Waals surface area contributed by atoms with Crippen molar-refractivity contribution in [3.8, 4) is 0 Å². The number of likely N-dealkylation sites (tertiary alicyclic amines) is 1. The molecule has 122 valence electrons.